The molecule has 0 unspecified atom stereocenters. The summed E-state index contributed by atoms with van der Waals surface area (Å²) in [7, 11) is 0. The Morgan fingerprint density at radius 3 is 1.25 bits per heavy atom. The highest BCUT2D eigenvalue weighted by Gasteiger charge is 2.48. The lowest BCUT2D eigenvalue weighted by molar-refractivity contribution is -0.713. The van der Waals surface area contributed by atoms with E-state index in [0.29, 0.717) is 0 Å². The maximum atomic E-state index is 10.7. The highest BCUT2D eigenvalue weighted by molar-refractivity contribution is 5.66. The molecule has 0 aromatic heterocycles. The molecular weight excluding hydrogens is 224 g/mol. The Morgan fingerprint density at radius 2 is 1.06 bits per heavy atom. The molecule has 0 atom stereocenters. The summed E-state index contributed by atoms with van der Waals surface area (Å²) in [6.45, 7) is 4.78. The van der Waals surface area contributed by atoms with Crippen LogP contribution in [0.15, 0.2) is 0 Å². The highest BCUT2D eigenvalue weighted by atomic mass is 17.5. The molecular formula is C8H12O8. The predicted molar refractivity (Wildman–Crippen MR) is 44.7 cm³/mol. The second kappa shape index (κ2) is 4.34. The van der Waals surface area contributed by atoms with Gasteiger partial charge in [0.2, 0.25) is 0 Å². The van der Waals surface area contributed by atoms with Gasteiger partial charge in [0.1, 0.15) is 0 Å². The molecule has 0 aliphatic carbocycles. The molecule has 1 saturated heterocycles. The van der Waals surface area contributed by atoms with Gasteiger partial charge in [-0.3, -0.25) is 9.59 Å². The lowest BCUT2D eigenvalue weighted by Crippen LogP contribution is -2.51. The largest absolute Gasteiger partial charge is 0.405 e. The van der Waals surface area contributed by atoms with Crippen LogP contribution in [-0.2, 0) is 38.6 Å². The number of rotatable bonds is 2. The third-order valence-corrected chi connectivity index (χ3v) is 1.35. The Morgan fingerprint density at radius 1 is 0.812 bits per heavy atom. The van der Waals surface area contributed by atoms with Crippen LogP contribution < -0.4 is 0 Å². The zero-order valence-electron chi connectivity index (χ0n) is 9.27. The van der Waals surface area contributed by atoms with Crippen molar-refractivity contribution in [3.8, 4) is 0 Å². The zero-order valence-corrected chi connectivity index (χ0v) is 9.27. The smallest absolute Gasteiger partial charge is 0.380 e. The van der Waals surface area contributed by atoms with Crippen LogP contribution in [0.4, 0.5) is 0 Å². The van der Waals surface area contributed by atoms with E-state index in [1.165, 1.54) is 13.8 Å². The summed E-state index contributed by atoms with van der Waals surface area (Å²) in [5.74, 6) is -5.01. The molecule has 1 aliphatic heterocycles. The van der Waals surface area contributed by atoms with Gasteiger partial charge in [-0.25, -0.2) is 0 Å². The van der Waals surface area contributed by atoms with Gasteiger partial charge in [-0.1, -0.05) is 0 Å². The summed E-state index contributed by atoms with van der Waals surface area (Å²) in [5, 5.41) is 0. The van der Waals surface area contributed by atoms with Gasteiger partial charge in [-0.2, -0.15) is 19.6 Å². The summed E-state index contributed by atoms with van der Waals surface area (Å²) in [6.07, 6.45) is 0. The first kappa shape index (κ1) is 12.8. The van der Waals surface area contributed by atoms with Crippen molar-refractivity contribution in [2.75, 3.05) is 0 Å². The molecule has 16 heavy (non-hydrogen) atoms. The van der Waals surface area contributed by atoms with Crippen molar-refractivity contribution in [1.29, 1.82) is 0 Å². The van der Waals surface area contributed by atoms with Crippen LogP contribution in [0.3, 0.4) is 0 Å². The SMILES string of the molecule is CC(=O)OC1(C)OOC(C)(OC(C)=O)OO1. The minimum atomic E-state index is -1.84. The Kier molecular flexibility index (Phi) is 3.48. The van der Waals surface area contributed by atoms with Crippen molar-refractivity contribution < 1.29 is 38.6 Å². The summed E-state index contributed by atoms with van der Waals surface area (Å²) >= 11 is 0. The van der Waals surface area contributed by atoms with Crippen LogP contribution >= 0.6 is 0 Å². The van der Waals surface area contributed by atoms with E-state index in [1.807, 2.05) is 0 Å². The third kappa shape index (κ3) is 3.42. The Labute approximate surface area is 91.2 Å². The summed E-state index contributed by atoms with van der Waals surface area (Å²) in [6, 6.07) is 0. The minimum Gasteiger partial charge on any atom is -0.405 e. The maximum absolute atomic E-state index is 10.7. The molecule has 1 rings (SSSR count). The Hall–Kier alpha value is -1.22. The first-order chi connectivity index (χ1) is 7.25. The summed E-state index contributed by atoms with van der Waals surface area (Å²) < 4.78 is 9.21. The highest BCUT2D eigenvalue weighted by Crippen LogP contribution is 2.29. The fourth-order valence-electron chi connectivity index (χ4n) is 0.921. The average molecular weight is 236 g/mol. The molecule has 1 fully saturated rings. The number of hydrogen-bond donors (Lipinski definition) is 0. The second-order valence-corrected chi connectivity index (χ2v) is 3.25. The first-order valence-electron chi connectivity index (χ1n) is 4.37. The van der Waals surface area contributed by atoms with E-state index in [1.54, 1.807) is 0 Å². The van der Waals surface area contributed by atoms with Gasteiger partial charge in [0.25, 0.3) is 0 Å². The van der Waals surface area contributed by atoms with Crippen LogP contribution in [-0.4, -0.2) is 23.9 Å². The van der Waals surface area contributed by atoms with Crippen molar-refractivity contribution in [3.63, 3.8) is 0 Å². The van der Waals surface area contributed by atoms with Crippen LogP contribution in [0.1, 0.15) is 27.7 Å². The lowest BCUT2D eigenvalue weighted by Gasteiger charge is -2.36. The number of ether oxygens (including phenoxy) is 2. The van der Waals surface area contributed by atoms with Gasteiger partial charge >= 0.3 is 23.9 Å². The standard InChI is InChI=1S/C8H12O8/c1-5(9)11-7(3)13-15-8(4,16-14-7)12-6(2)10/h1-4H3. The number of carbonyl (C=O) groups excluding carboxylic acids is 2. The molecule has 0 bridgehead atoms. The van der Waals surface area contributed by atoms with Crippen LogP contribution in [0.25, 0.3) is 0 Å². The monoisotopic (exact) mass is 236 g/mol. The van der Waals surface area contributed by atoms with Crippen LogP contribution in [0.5, 0.6) is 0 Å². The van der Waals surface area contributed by atoms with Crippen LogP contribution in [0, 0.1) is 0 Å². The predicted octanol–water partition coefficient (Wildman–Crippen LogP) is 0.370. The van der Waals surface area contributed by atoms with E-state index in [9.17, 15) is 9.59 Å². The van der Waals surface area contributed by atoms with Gasteiger partial charge in [-0.15, -0.1) is 0 Å². The van der Waals surface area contributed by atoms with E-state index < -0.39 is 23.9 Å². The Balaban J connectivity index is 2.55. The summed E-state index contributed by atoms with van der Waals surface area (Å²) in [4.78, 5) is 39.9. The second-order valence-electron chi connectivity index (χ2n) is 3.25. The number of hydrogen-bond acceptors (Lipinski definition) is 8. The molecule has 0 aromatic carbocycles. The molecule has 0 aromatic rings. The van der Waals surface area contributed by atoms with Crippen molar-refractivity contribution in [3.05, 3.63) is 0 Å². The normalized spacial score (nSPS) is 34.2. The van der Waals surface area contributed by atoms with Gasteiger partial charge in [0.05, 0.1) is 0 Å². The Bertz CT molecular complexity index is 260. The van der Waals surface area contributed by atoms with Crippen molar-refractivity contribution in [2.24, 2.45) is 0 Å². The molecule has 0 N–H and O–H groups in total. The van der Waals surface area contributed by atoms with Gasteiger partial charge in [0.15, 0.2) is 0 Å². The van der Waals surface area contributed by atoms with E-state index in [-0.39, 0.29) is 0 Å². The van der Waals surface area contributed by atoms with Crippen LogP contribution in [0.2, 0.25) is 0 Å². The van der Waals surface area contributed by atoms with Crippen molar-refractivity contribution >= 4 is 11.9 Å². The molecule has 8 heteroatoms. The lowest BCUT2D eigenvalue weighted by atomic mass is 10.6. The van der Waals surface area contributed by atoms with Crippen molar-refractivity contribution in [1.82, 2.24) is 0 Å². The molecule has 1 aliphatic rings. The fourth-order valence-corrected chi connectivity index (χ4v) is 0.921. The molecule has 0 amide bonds. The zero-order chi connectivity index (χ0) is 12.4. The quantitative estimate of drug-likeness (QED) is 0.501. The fraction of sp³-hybridized carbons (Fsp3) is 0.750. The molecule has 0 radical (unpaired) electrons. The molecule has 0 saturated carbocycles. The number of carbonyl (C=O) groups is 2. The van der Waals surface area contributed by atoms with Gasteiger partial charge in [-0.05, 0) is 0 Å². The molecule has 92 valence electrons. The first-order valence-corrected chi connectivity index (χ1v) is 4.37. The third-order valence-electron chi connectivity index (χ3n) is 1.35. The molecule has 8 nitrogen and oxygen atoms in total. The maximum Gasteiger partial charge on any atom is 0.380 e. The average Bonchev–Trinajstić information content (AvgIpc) is 2.09. The van der Waals surface area contributed by atoms with Crippen molar-refractivity contribution in [2.45, 2.75) is 39.6 Å². The van der Waals surface area contributed by atoms with Gasteiger partial charge in [0, 0.05) is 27.7 Å². The van der Waals surface area contributed by atoms with E-state index >= 15 is 0 Å². The van der Waals surface area contributed by atoms with E-state index in [2.05, 4.69) is 29.0 Å². The molecule has 1 heterocycles. The topological polar surface area (TPSA) is 89.5 Å². The molecule has 0 spiro atoms. The number of esters is 2. The van der Waals surface area contributed by atoms with E-state index in [4.69, 9.17) is 0 Å². The summed E-state index contributed by atoms with van der Waals surface area (Å²) in [5.41, 5.74) is 0. The van der Waals surface area contributed by atoms with E-state index in [0.717, 1.165) is 13.8 Å². The minimum absolute atomic E-state index is 0.661. The van der Waals surface area contributed by atoms with Gasteiger partial charge < -0.3 is 9.47 Å².